The molecule has 198 valence electrons. The number of anilines is 2. The second-order valence-corrected chi connectivity index (χ2v) is 11.3. The highest BCUT2D eigenvalue weighted by Crippen LogP contribution is 2.31. The number of nitrogens with zero attached hydrogens (tertiary/aromatic N) is 5. The average Bonchev–Trinajstić information content (AvgIpc) is 2.92. The summed E-state index contributed by atoms with van der Waals surface area (Å²) in [5, 5.41) is 2.88. The summed E-state index contributed by atoms with van der Waals surface area (Å²) in [4.78, 5) is 42.5. The molecule has 2 aliphatic heterocycles. The molecule has 4 rings (SSSR count). The molecule has 2 amide bonds. The first-order valence-corrected chi connectivity index (χ1v) is 12.5. The normalized spacial score (nSPS) is 16.2. The van der Waals surface area contributed by atoms with Crippen LogP contribution in [-0.2, 0) is 9.47 Å². The monoisotopic (exact) mass is 508 g/mol. The van der Waals surface area contributed by atoms with Gasteiger partial charge in [0.25, 0.3) is 0 Å². The van der Waals surface area contributed by atoms with Crippen molar-refractivity contribution < 1.29 is 19.1 Å². The lowest BCUT2D eigenvalue weighted by Crippen LogP contribution is -2.60. The third-order valence-electron chi connectivity index (χ3n) is 5.81. The molecule has 0 aliphatic carbocycles. The third kappa shape index (κ3) is 6.55. The van der Waals surface area contributed by atoms with Crippen LogP contribution in [0, 0.1) is 0 Å². The zero-order chi connectivity index (χ0) is 27.0. The van der Waals surface area contributed by atoms with Crippen molar-refractivity contribution in [3.8, 4) is 11.3 Å². The Kier molecular flexibility index (Phi) is 7.12. The maximum Gasteiger partial charge on any atom is 0.414 e. The van der Waals surface area contributed by atoms with Crippen LogP contribution in [0.2, 0.25) is 0 Å². The van der Waals surface area contributed by atoms with Crippen molar-refractivity contribution in [2.24, 2.45) is 4.99 Å². The molecule has 1 saturated heterocycles. The van der Waals surface area contributed by atoms with Crippen LogP contribution >= 0.6 is 0 Å². The Balaban J connectivity index is 1.50. The number of rotatable bonds is 3. The second-order valence-electron chi connectivity index (χ2n) is 11.3. The second kappa shape index (κ2) is 9.99. The lowest BCUT2D eigenvalue weighted by Gasteiger charge is -2.40. The fraction of sp³-hybridized carbons (Fsp3) is 0.519. The van der Waals surface area contributed by atoms with Gasteiger partial charge in [-0.3, -0.25) is 14.9 Å². The van der Waals surface area contributed by atoms with Crippen LogP contribution in [0.3, 0.4) is 0 Å². The van der Waals surface area contributed by atoms with E-state index in [0.717, 1.165) is 28.3 Å². The van der Waals surface area contributed by atoms with Crippen molar-refractivity contribution in [1.82, 2.24) is 15.3 Å². The highest BCUT2D eigenvalue weighted by atomic mass is 16.6. The number of carbonyl (C=O) groups excluding carboxylic acids is 2. The minimum atomic E-state index is -0.590. The van der Waals surface area contributed by atoms with Gasteiger partial charge in [0.1, 0.15) is 17.0 Å². The standard InChI is InChI=1S/C27H36N6O4/c1-17-20-12-18(8-9-22(20)33(11-10-29-17)25(35)37-27(5,6)7)21-13-28-14-23(31-21)32-15-19(16-32)30-24(34)36-26(2,3)4/h8-9,12-14,19H,10-11,15-16H2,1-7H3,(H,30,34). The van der Waals surface area contributed by atoms with E-state index in [1.54, 1.807) is 17.3 Å². The SMILES string of the molecule is CC1=NCCN(C(=O)OC(C)(C)C)c2ccc(-c3cncc(N4CC(NC(=O)OC(C)(C)C)C4)n3)cc21. The zero-order valence-corrected chi connectivity index (χ0v) is 22.7. The predicted molar refractivity (Wildman–Crippen MR) is 143 cm³/mol. The first-order chi connectivity index (χ1) is 17.3. The summed E-state index contributed by atoms with van der Waals surface area (Å²) in [6.07, 6.45) is 2.63. The maximum atomic E-state index is 12.9. The molecule has 0 unspecified atom stereocenters. The topological polar surface area (TPSA) is 109 Å². The third-order valence-corrected chi connectivity index (χ3v) is 5.81. The first-order valence-electron chi connectivity index (χ1n) is 12.5. The fourth-order valence-corrected chi connectivity index (χ4v) is 4.13. The largest absolute Gasteiger partial charge is 0.444 e. The molecule has 0 spiro atoms. The number of benzodiazepines with no additional fused rings is 1. The quantitative estimate of drug-likeness (QED) is 0.654. The number of amides is 2. The molecule has 0 atom stereocenters. The van der Waals surface area contributed by atoms with Crippen molar-refractivity contribution in [1.29, 1.82) is 0 Å². The van der Waals surface area contributed by atoms with Crippen LogP contribution in [0.4, 0.5) is 21.1 Å². The number of fused-ring (bicyclic) bond motifs is 1. The molecule has 0 radical (unpaired) electrons. The van der Waals surface area contributed by atoms with Gasteiger partial charge in [-0.05, 0) is 60.6 Å². The minimum Gasteiger partial charge on any atom is -0.444 e. The summed E-state index contributed by atoms with van der Waals surface area (Å²) in [7, 11) is 0. The summed E-state index contributed by atoms with van der Waals surface area (Å²) in [5.41, 5.74) is 2.94. The molecular formula is C27H36N6O4. The molecule has 1 fully saturated rings. The summed E-state index contributed by atoms with van der Waals surface area (Å²) in [5.74, 6) is 0.732. The van der Waals surface area contributed by atoms with Gasteiger partial charge in [0, 0.05) is 36.5 Å². The number of alkyl carbamates (subject to hydrolysis) is 1. The molecule has 2 aromatic rings. The predicted octanol–water partition coefficient (Wildman–Crippen LogP) is 4.42. The molecule has 1 N–H and O–H groups in total. The molecule has 0 bridgehead atoms. The van der Waals surface area contributed by atoms with E-state index in [1.807, 2.05) is 66.7 Å². The molecule has 0 saturated carbocycles. The van der Waals surface area contributed by atoms with Crippen LogP contribution in [0.25, 0.3) is 11.3 Å². The number of aromatic nitrogens is 2. The average molecular weight is 509 g/mol. The number of nitrogens with one attached hydrogen (secondary N) is 1. The first kappa shape index (κ1) is 26.4. The van der Waals surface area contributed by atoms with E-state index in [4.69, 9.17) is 14.5 Å². The molecule has 1 aromatic carbocycles. The van der Waals surface area contributed by atoms with E-state index in [-0.39, 0.29) is 12.1 Å². The minimum absolute atomic E-state index is 0.00880. The maximum absolute atomic E-state index is 12.9. The van der Waals surface area contributed by atoms with E-state index in [0.29, 0.717) is 31.9 Å². The Morgan fingerprint density at radius 1 is 1.03 bits per heavy atom. The Hall–Kier alpha value is -3.69. The van der Waals surface area contributed by atoms with E-state index >= 15 is 0 Å². The number of aliphatic imine (C=N–C) groups is 1. The summed E-state index contributed by atoms with van der Waals surface area (Å²) < 4.78 is 11.0. The van der Waals surface area contributed by atoms with Gasteiger partial charge < -0.3 is 19.7 Å². The van der Waals surface area contributed by atoms with Crippen molar-refractivity contribution in [2.75, 3.05) is 36.0 Å². The number of ether oxygens (including phenoxy) is 2. The molecule has 37 heavy (non-hydrogen) atoms. The van der Waals surface area contributed by atoms with Gasteiger partial charge >= 0.3 is 12.2 Å². The number of benzene rings is 1. The Bertz CT molecular complexity index is 1210. The van der Waals surface area contributed by atoms with Crippen LogP contribution < -0.4 is 15.1 Å². The van der Waals surface area contributed by atoms with Crippen molar-refractivity contribution in [3.63, 3.8) is 0 Å². The summed E-state index contributed by atoms with van der Waals surface area (Å²) in [6.45, 7) is 15.2. The summed E-state index contributed by atoms with van der Waals surface area (Å²) in [6, 6.07) is 5.84. The van der Waals surface area contributed by atoms with Crippen LogP contribution in [-0.4, -0.2) is 71.3 Å². The number of hydrogen-bond acceptors (Lipinski definition) is 8. The van der Waals surface area contributed by atoms with Gasteiger partial charge in [-0.1, -0.05) is 6.07 Å². The summed E-state index contributed by atoms with van der Waals surface area (Å²) >= 11 is 0. The van der Waals surface area contributed by atoms with E-state index in [1.165, 1.54) is 0 Å². The molecular weight excluding hydrogens is 472 g/mol. The Labute approximate surface area is 218 Å². The van der Waals surface area contributed by atoms with Crippen molar-refractivity contribution in [2.45, 2.75) is 65.7 Å². The van der Waals surface area contributed by atoms with Gasteiger partial charge in [0.05, 0.1) is 36.4 Å². The highest BCUT2D eigenvalue weighted by molar-refractivity contribution is 6.08. The molecule has 10 nitrogen and oxygen atoms in total. The number of hydrogen-bond donors (Lipinski definition) is 1. The van der Waals surface area contributed by atoms with Crippen LogP contribution in [0.1, 0.15) is 54.0 Å². The highest BCUT2D eigenvalue weighted by Gasteiger charge is 2.31. The molecule has 1 aromatic heterocycles. The Morgan fingerprint density at radius 3 is 2.41 bits per heavy atom. The fourth-order valence-electron chi connectivity index (χ4n) is 4.13. The lowest BCUT2D eigenvalue weighted by molar-refractivity contribution is 0.0494. The van der Waals surface area contributed by atoms with Crippen molar-refractivity contribution in [3.05, 3.63) is 36.2 Å². The zero-order valence-electron chi connectivity index (χ0n) is 22.7. The number of carbonyl (C=O) groups is 2. The van der Waals surface area contributed by atoms with Gasteiger partial charge in [0.15, 0.2) is 0 Å². The van der Waals surface area contributed by atoms with Gasteiger partial charge in [0.2, 0.25) is 0 Å². The molecule has 10 heteroatoms. The van der Waals surface area contributed by atoms with Gasteiger partial charge in [-0.25, -0.2) is 14.6 Å². The van der Waals surface area contributed by atoms with Crippen LogP contribution in [0.5, 0.6) is 0 Å². The molecule has 2 aliphatic rings. The van der Waals surface area contributed by atoms with Gasteiger partial charge in [-0.15, -0.1) is 0 Å². The Morgan fingerprint density at radius 2 is 1.73 bits per heavy atom. The van der Waals surface area contributed by atoms with Gasteiger partial charge in [-0.2, -0.15) is 0 Å². The van der Waals surface area contributed by atoms with E-state index in [2.05, 4.69) is 20.2 Å². The molecule has 3 heterocycles. The smallest absolute Gasteiger partial charge is 0.414 e. The van der Waals surface area contributed by atoms with E-state index in [9.17, 15) is 9.59 Å². The lowest BCUT2D eigenvalue weighted by atomic mass is 10.0. The van der Waals surface area contributed by atoms with E-state index < -0.39 is 17.3 Å². The van der Waals surface area contributed by atoms with Crippen LogP contribution in [0.15, 0.2) is 35.6 Å². The van der Waals surface area contributed by atoms with Crippen molar-refractivity contribution >= 4 is 29.4 Å².